The predicted octanol–water partition coefficient (Wildman–Crippen LogP) is 25.3. The minimum atomic E-state index is -0.0751. The predicted molar refractivity (Wildman–Crippen MR) is 503 cm³/mol. The van der Waals surface area contributed by atoms with Crippen molar-refractivity contribution in [3.8, 4) is 0 Å². The summed E-state index contributed by atoms with van der Waals surface area (Å²) in [6, 6.07) is 0. The number of unbranched alkanes of at least 4 members (excludes halogenated alkanes) is 6. The highest BCUT2D eigenvalue weighted by molar-refractivity contribution is 5.82. The second kappa shape index (κ2) is 97.6. The summed E-state index contributed by atoms with van der Waals surface area (Å²) in [6.45, 7) is 85.1. The molecule has 0 aliphatic carbocycles. The summed E-state index contributed by atoms with van der Waals surface area (Å²) < 4.78 is 64.8. The fraction of sp³-hybridized carbons (Fsp3) is 0.941. The molecule has 0 unspecified atom stereocenters. The first kappa shape index (κ1) is 132. The average molecular weight is 1710 g/mol. The molecule has 0 heterocycles. The molecule has 0 amide bonds. The molecule has 0 saturated heterocycles. The summed E-state index contributed by atoms with van der Waals surface area (Å²) >= 11 is 0. The molecule has 119 heavy (non-hydrogen) atoms. The molecule has 0 fully saturated rings. The van der Waals surface area contributed by atoms with E-state index in [0.29, 0.717) is 81.4 Å². The normalized spacial score (nSPS) is 11.9. The number of hydrogen-bond acceptors (Lipinski definition) is 18. The summed E-state index contributed by atoms with van der Waals surface area (Å²) in [6.07, 6.45) is 24.8. The van der Waals surface area contributed by atoms with Gasteiger partial charge in [0.05, 0.1) is 44.6 Å². The highest BCUT2D eigenvalue weighted by Gasteiger charge is 2.15. The molecule has 0 N–H and O–H groups in total. The second-order valence-electron chi connectivity index (χ2n) is 38.3. The van der Waals surface area contributed by atoms with Crippen LogP contribution in [0.3, 0.4) is 0 Å². The molecule has 0 rings (SSSR count). The summed E-state index contributed by atoms with van der Waals surface area (Å²) in [7, 11) is 0. The zero-order valence-corrected chi connectivity index (χ0v) is 85.1. The number of esters is 1. The Kier molecular flexibility index (Phi) is 108. The number of ether oxygens (including phenoxy) is 12. The van der Waals surface area contributed by atoms with Gasteiger partial charge in [-0.25, -0.2) is 0 Å². The first-order valence-electron chi connectivity index (χ1n) is 48.0. The molecule has 0 aromatic carbocycles. The minimum Gasteiger partial charge on any atom is -0.465 e. The Labute approximate surface area is 739 Å². The van der Waals surface area contributed by atoms with Crippen LogP contribution in [0.1, 0.15) is 377 Å². The average Bonchev–Trinajstić information content (AvgIpc) is 0.965. The first-order valence-corrected chi connectivity index (χ1v) is 48.0. The molecule has 0 aliphatic rings. The molecule has 0 aliphatic heterocycles. The second-order valence-corrected chi connectivity index (χ2v) is 38.3. The van der Waals surface area contributed by atoms with Gasteiger partial charge >= 0.3 is 5.97 Å². The van der Waals surface area contributed by atoms with Gasteiger partial charge in [-0.1, -0.05) is 273 Å². The number of hydrogen-bond donors (Lipinski definition) is 0. The lowest BCUT2D eigenvalue weighted by Crippen LogP contribution is -2.27. The smallest absolute Gasteiger partial charge is 0.308 e. The Balaban J connectivity index is -0.000000198. The van der Waals surface area contributed by atoms with Gasteiger partial charge in [0.1, 0.15) is 32.2 Å². The molecule has 0 saturated carbocycles. The van der Waals surface area contributed by atoms with Crippen molar-refractivity contribution in [3.63, 3.8) is 0 Å². The van der Waals surface area contributed by atoms with Crippen LogP contribution >= 0.6 is 0 Å². The van der Waals surface area contributed by atoms with Crippen molar-refractivity contribution < 1.29 is 85.6 Å². The van der Waals surface area contributed by atoms with E-state index >= 15 is 0 Å². The molecule has 718 valence electrons. The molecular weight excluding hydrogens is 1500 g/mol. The lowest BCUT2D eigenvalue weighted by atomic mass is 10.1. The zero-order valence-electron chi connectivity index (χ0n) is 85.1. The lowest BCUT2D eigenvalue weighted by Gasteiger charge is -2.22. The number of rotatable bonds is 70. The van der Waals surface area contributed by atoms with Gasteiger partial charge in [-0.15, -0.1) is 0 Å². The van der Waals surface area contributed by atoms with Crippen molar-refractivity contribution in [3.05, 3.63) is 0 Å². The zero-order chi connectivity index (χ0) is 92.7. The van der Waals surface area contributed by atoms with Gasteiger partial charge in [-0.05, 0) is 156 Å². The van der Waals surface area contributed by atoms with Gasteiger partial charge < -0.3 is 56.8 Å². The number of Topliss-reactive ketones (excluding diaryl/α,β-unsaturated/α-hetero) is 5. The van der Waals surface area contributed by atoms with Crippen LogP contribution in [-0.4, -0.2) is 186 Å². The van der Waals surface area contributed by atoms with Crippen molar-refractivity contribution in [2.24, 2.45) is 94.7 Å². The van der Waals surface area contributed by atoms with E-state index < -0.39 is 0 Å². The Morgan fingerprint density at radius 2 is 0.387 bits per heavy atom. The fourth-order valence-electron chi connectivity index (χ4n) is 8.83. The van der Waals surface area contributed by atoms with Crippen LogP contribution in [-0.2, 0) is 85.6 Å². The SMILES string of the molecule is CC(C)CCCCCOC(=O)C(C)C.CC(C)CCCCCOCCC(=O)C(C)C.CC(C)CCCCOCC(=O)C(C)C.CC(C)CCOCC(=O)C(C)C.CC(C)CCOCCCCOCC(=O)C(C)C.CC(C)CCOCCCOCC(=O)C(C)C.CC(C)CCOCCOCCC(C)C.CC(C)CCO[C@H](C)[C@@H](C)OCCC(C)C. The van der Waals surface area contributed by atoms with Crippen LogP contribution in [0.2, 0.25) is 0 Å². The van der Waals surface area contributed by atoms with Gasteiger partial charge in [0.2, 0.25) is 0 Å². The fourth-order valence-corrected chi connectivity index (χ4v) is 8.83. The maximum Gasteiger partial charge on any atom is 0.308 e. The standard InChI is InChI=1S/C14H28O3.C14H30O2.C14H28O2.C13H26O3.C12H26O2.2C12H24O2.C10H20O2/c1-12(2)7-10-16-8-5-6-9-17-11-14(15)13(3)4;1-11(2)7-9-15-13(5)14(6)16-10-8-12(3)4;1-12(2)8-6-5-7-10-16-11-9-14(15)13(3)4;1-11(2)6-9-15-7-5-8-16-10-13(14)12(3)4;1-11(2)5-7-13-9-10-14-8-6-12(3)4;1-10(2)7-5-6-8-14-9-12(13)11(3)4;1-10(2)8-6-5-7-9-14-12(13)11(3)4;1-8(2)5-6-12-7-10(11)9(3)4/h12-13H,5-11H2,1-4H3;11-14H,7-10H2,1-6H3;12-13H,5-11H2,1-4H3;11-12H,5-10H2,1-4H3;11-12H,5-10H2,1-4H3;2*10-11H,5-9H2,1-4H3;8-9H,5-7H2,1-4H3/t;13-,14-;;;;;;/m.1....../s1. The molecule has 18 heteroatoms. The quantitative estimate of drug-likeness (QED) is 0.0409. The number of carbonyl (C=O) groups is 6. The van der Waals surface area contributed by atoms with Crippen LogP contribution in [0, 0.1) is 94.7 Å². The Bertz CT molecular complexity index is 1990. The molecule has 0 aromatic heterocycles. The van der Waals surface area contributed by atoms with E-state index in [0.717, 1.165) is 192 Å². The van der Waals surface area contributed by atoms with Crippen molar-refractivity contribution in [1.29, 1.82) is 0 Å². The highest BCUT2D eigenvalue weighted by atomic mass is 16.5. The van der Waals surface area contributed by atoms with Crippen molar-refractivity contribution in [2.45, 2.75) is 389 Å². The van der Waals surface area contributed by atoms with Crippen LogP contribution in [0.4, 0.5) is 0 Å². The molecule has 2 atom stereocenters. The van der Waals surface area contributed by atoms with E-state index in [-0.39, 0.29) is 96.6 Å². The van der Waals surface area contributed by atoms with E-state index in [2.05, 4.69) is 152 Å². The molecule has 0 radical (unpaired) electrons. The van der Waals surface area contributed by atoms with E-state index in [1.165, 1.54) is 51.4 Å². The maximum absolute atomic E-state index is 11.3. The van der Waals surface area contributed by atoms with Gasteiger partial charge in [0.15, 0.2) is 23.1 Å². The minimum absolute atomic E-state index is 0.00524. The maximum atomic E-state index is 11.3. The van der Waals surface area contributed by atoms with Crippen molar-refractivity contribution in [2.75, 3.05) is 139 Å². The summed E-state index contributed by atoms with van der Waals surface area (Å²) in [5.41, 5.74) is 0. The third-order valence-corrected chi connectivity index (χ3v) is 18.5. The molecule has 0 spiro atoms. The highest BCUT2D eigenvalue weighted by Crippen LogP contribution is 2.14. The molecule has 18 nitrogen and oxygen atoms in total. The monoisotopic (exact) mass is 1710 g/mol. The molecule has 0 aromatic rings. The molecular formula is C101H206O18. The van der Waals surface area contributed by atoms with Crippen LogP contribution in [0.15, 0.2) is 0 Å². The molecule has 0 bridgehead atoms. The van der Waals surface area contributed by atoms with E-state index in [4.69, 9.17) is 56.8 Å². The first-order chi connectivity index (χ1) is 55.8. The summed E-state index contributed by atoms with van der Waals surface area (Å²) in [5.74, 6) is 8.79. The van der Waals surface area contributed by atoms with Crippen molar-refractivity contribution in [1.82, 2.24) is 0 Å². The van der Waals surface area contributed by atoms with Crippen LogP contribution < -0.4 is 0 Å². The van der Waals surface area contributed by atoms with Gasteiger partial charge in [-0.2, -0.15) is 0 Å². The summed E-state index contributed by atoms with van der Waals surface area (Å²) in [4.78, 5) is 67.0. The van der Waals surface area contributed by atoms with E-state index in [1.807, 2.05) is 83.1 Å². The van der Waals surface area contributed by atoms with Crippen LogP contribution in [0.25, 0.3) is 0 Å². The topological polar surface area (TPSA) is 213 Å². The third kappa shape index (κ3) is 129. The Hall–Kier alpha value is -2.62. The Morgan fingerprint density at radius 3 is 0.672 bits per heavy atom. The van der Waals surface area contributed by atoms with Crippen LogP contribution in [0.5, 0.6) is 0 Å². The summed E-state index contributed by atoms with van der Waals surface area (Å²) in [5, 5.41) is 0. The van der Waals surface area contributed by atoms with Gasteiger partial charge in [-0.3, -0.25) is 28.8 Å². The van der Waals surface area contributed by atoms with Gasteiger partial charge in [0.25, 0.3) is 0 Å². The van der Waals surface area contributed by atoms with E-state index in [9.17, 15) is 28.8 Å². The third-order valence-electron chi connectivity index (χ3n) is 18.5. The largest absolute Gasteiger partial charge is 0.465 e. The Morgan fingerprint density at radius 1 is 0.176 bits per heavy atom. The number of carbonyl (C=O) groups excluding carboxylic acids is 6. The number of ketones is 5. The lowest BCUT2D eigenvalue weighted by molar-refractivity contribution is -0.147. The van der Waals surface area contributed by atoms with Gasteiger partial charge in [0, 0.05) is 122 Å². The van der Waals surface area contributed by atoms with Crippen molar-refractivity contribution >= 4 is 34.9 Å². The van der Waals surface area contributed by atoms with E-state index in [1.54, 1.807) is 0 Å².